The van der Waals surface area contributed by atoms with Gasteiger partial charge in [0.15, 0.2) is 34.9 Å². The predicted octanol–water partition coefficient (Wildman–Crippen LogP) is 18.8. The van der Waals surface area contributed by atoms with E-state index >= 15 is 0 Å². The van der Waals surface area contributed by atoms with Crippen molar-refractivity contribution < 1.29 is 0 Å². The minimum absolute atomic E-state index is 0.205. The van der Waals surface area contributed by atoms with E-state index in [4.69, 9.17) is 29.9 Å². The first-order chi connectivity index (χ1) is 37.9. The first kappa shape index (κ1) is 56.1. The molecule has 0 fully saturated rings. The monoisotopic (exact) mass is 1070 g/mol. The zero-order valence-corrected chi connectivity index (χ0v) is 50.9. The number of nitriles is 1. The molecular weight excluding hydrogens is 989 g/mol. The van der Waals surface area contributed by atoms with Crippen LogP contribution < -0.4 is 0 Å². The van der Waals surface area contributed by atoms with E-state index in [1.165, 1.54) is 22.3 Å². The molecule has 3 heterocycles. The maximum Gasteiger partial charge on any atom is 0.166 e. The number of nitrogens with zero attached hydrogens (tertiary/aromatic N) is 8. The highest BCUT2D eigenvalue weighted by Crippen LogP contribution is 2.45. The minimum Gasteiger partial charge on any atom is -0.308 e. The topological polar surface area (TPSA) is 106 Å². The minimum atomic E-state index is -0.216. The molecule has 10 aromatic rings. The maximum atomic E-state index is 10.6. The molecule has 7 aromatic carbocycles. The molecule has 0 unspecified atom stereocenters. The van der Waals surface area contributed by atoms with Gasteiger partial charge in [-0.3, -0.25) is 0 Å². The SMILES string of the molecule is CC(C)(C)c1ccccc1-c1nc(-c2cc(C#N)ccc2-n2c3ccccc3c3cc(-c4nc(-c5c(C(C)(C)C)cccc5C(C)(C)C)nc(-c5c(C(C)(C)C)cccc5C(C)(C)C)n4)ccc32)nc(-c2ccccc2C(C)(C)C)n1. The second-order valence-corrected chi connectivity index (χ2v) is 28.1. The Hall–Kier alpha value is -8.15. The summed E-state index contributed by atoms with van der Waals surface area (Å²) in [4.78, 5) is 32.9. The Morgan fingerprint density at radius 1 is 0.321 bits per heavy atom. The molecule has 81 heavy (non-hydrogen) atoms. The molecule has 0 N–H and O–H groups in total. The molecule has 0 amide bonds. The second-order valence-electron chi connectivity index (χ2n) is 28.1. The van der Waals surface area contributed by atoms with E-state index < -0.39 is 0 Å². The van der Waals surface area contributed by atoms with Crippen LogP contribution in [0.4, 0.5) is 0 Å². The summed E-state index contributed by atoms with van der Waals surface area (Å²) in [5, 5.41) is 12.7. The van der Waals surface area contributed by atoms with E-state index in [9.17, 15) is 5.26 Å². The fourth-order valence-electron chi connectivity index (χ4n) is 11.6. The highest BCUT2D eigenvalue weighted by Gasteiger charge is 2.33. The molecule has 0 spiro atoms. The van der Waals surface area contributed by atoms with Gasteiger partial charge in [0.25, 0.3) is 0 Å². The third-order valence-corrected chi connectivity index (χ3v) is 15.6. The molecule has 410 valence electrons. The normalized spacial score (nSPS) is 12.8. The first-order valence-corrected chi connectivity index (χ1v) is 28.5. The number of hydrogen-bond donors (Lipinski definition) is 0. The fraction of sp³-hybridized carbons (Fsp3) is 0.329. The van der Waals surface area contributed by atoms with E-state index in [1.54, 1.807) is 0 Å². The zero-order chi connectivity index (χ0) is 58.4. The van der Waals surface area contributed by atoms with Crippen molar-refractivity contribution in [2.24, 2.45) is 0 Å². The highest BCUT2D eigenvalue weighted by molar-refractivity contribution is 6.11. The van der Waals surface area contributed by atoms with Gasteiger partial charge in [-0.1, -0.05) is 228 Å². The van der Waals surface area contributed by atoms with Gasteiger partial charge in [0.1, 0.15) is 0 Å². The Kier molecular flexibility index (Phi) is 14.0. The van der Waals surface area contributed by atoms with Crippen LogP contribution in [0.15, 0.2) is 146 Å². The Balaban J connectivity index is 1.26. The van der Waals surface area contributed by atoms with Gasteiger partial charge in [0, 0.05) is 44.2 Å². The van der Waals surface area contributed by atoms with Crippen LogP contribution in [0, 0.1) is 11.3 Å². The second kappa shape index (κ2) is 20.1. The van der Waals surface area contributed by atoms with Gasteiger partial charge in [0.2, 0.25) is 0 Å². The molecule has 8 nitrogen and oxygen atoms in total. The number of benzene rings is 7. The fourth-order valence-corrected chi connectivity index (χ4v) is 11.6. The number of aromatic nitrogens is 7. The molecule has 0 radical (unpaired) electrons. The van der Waals surface area contributed by atoms with E-state index in [-0.39, 0.29) is 32.5 Å². The van der Waals surface area contributed by atoms with Gasteiger partial charge in [-0.2, -0.15) is 5.26 Å². The van der Waals surface area contributed by atoms with Gasteiger partial charge < -0.3 is 4.57 Å². The molecule has 0 saturated heterocycles. The summed E-state index contributed by atoms with van der Waals surface area (Å²) in [5.41, 5.74) is 14.5. The van der Waals surface area contributed by atoms with E-state index in [0.29, 0.717) is 46.1 Å². The van der Waals surface area contributed by atoms with Gasteiger partial charge in [0.05, 0.1) is 28.4 Å². The van der Waals surface area contributed by atoms with Crippen LogP contribution in [-0.2, 0) is 32.5 Å². The van der Waals surface area contributed by atoms with Crippen molar-refractivity contribution in [2.45, 2.75) is 157 Å². The van der Waals surface area contributed by atoms with Crippen LogP contribution in [0.25, 0.3) is 95.8 Å². The molecule has 0 aliphatic rings. The Morgan fingerprint density at radius 3 is 1.14 bits per heavy atom. The molecular formula is C73H78N8. The maximum absolute atomic E-state index is 10.6. The third kappa shape index (κ3) is 10.7. The first-order valence-electron chi connectivity index (χ1n) is 28.5. The standard InChI is InChI=1S/C73H78N8/c1-68(2,3)51-30-22-19-28-47(51)63-77-64(48-29-20-23-31-52(48)69(4,5)6)79-65(78-63)50-41-44(43-74)37-39-59(50)81-57-36-24-21-27-46(57)49-42-45(38-40-58(49)81)62-75-66(60-53(70(7,8)9)32-25-33-54(60)71(10,11)12)80-67(76-62)61-55(72(13,14)15)34-26-35-56(61)73(16,17)18/h19-42H,1-18H3. The molecule has 3 aromatic heterocycles. The van der Waals surface area contributed by atoms with Gasteiger partial charge in [-0.15, -0.1) is 0 Å². The van der Waals surface area contributed by atoms with Crippen molar-refractivity contribution in [3.63, 3.8) is 0 Å². The quantitative estimate of drug-likeness (QED) is 0.156. The lowest BCUT2D eigenvalue weighted by Crippen LogP contribution is -2.21. The lowest BCUT2D eigenvalue weighted by atomic mass is 9.75. The lowest BCUT2D eigenvalue weighted by molar-refractivity contribution is 0.570. The molecule has 0 bridgehead atoms. The van der Waals surface area contributed by atoms with Crippen molar-refractivity contribution in [3.05, 3.63) is 185 Å². The summed E-state index contributed by atoms with van der Waals surface area (Å²) in [6.07, 6.45) is 0. The van der Waals surface area contributed by atoms with Crippen LogP contribution in [0.3, 0.4) is 0 Å². The van der Waals surface area contributed by atoms with Crippen molar-refractivity contribution in [1.82, 2.24) is 34.5 Å². The van der Waals surface area contributed by atoms with Crippen molar-refractivity contribution in [2.75, 3.05) is 0 Å². The molecule has 0 atom stereocenters. The van der Waals surface area contributed by atoms with Crippen molar-refractivity contribution in [3.8, 4) is 80.1 Å². The molecule has 0 aliphatic carbocycles. The summed E-state index contributed by atoms with van der Waals surface area (Å²) >= 11 is 0. The third-order valence-electron chi connectivity index (χ3n) is 15.6. The number of para-hydroxylation sites is 1. The largest absolute Gasteiger partial charge is 0.308 e. The Morgan fingerprint density at radius 2 is 0.691 bits per heavy atom. The average molecular weight is 1070 g/mol. The van der Waals surface area contributed by atoms with Gasteiger partial charge >= 0.3 is 0 Å². The van der Waals surface area contributed by atoms with E-state index in [0.717, 1.165) is 66.4 Å². The zero-order valence-electron chi connectivity index (χ0n) is 50.9. The predicted molar refractivity (Wildman–Crippen MR) is 337 cm³/mol. The van der Waals surface area contributed by atoms with Crippen LogP contribution in [-0.4, -0.2) is 34.5 Å². The molecule has 10 rings (SSSR count). The van der Waals surface area contributed by atoms with Crippen LogP contribution in [0.2, 0.25) is 0 Å². The summed E-state index contributed by atoms with van der Waals surface area (Å²) in [7, 11) is 0. The van der Waals surface area contributed by atoms with Crippen LogP contribution in [0.5, 0.6) is 0 Å². The van der Waals surface area contributed by atoms with Crippen molar-refractivity contribution >= 4 is 21.8 Å². The summed E-state index contributed by atoms with van der Waals surface area (Å²) in [6, 6.07) is 53.5. The van der Waals surface area contributed by atoms with Gasteiger partial charge in [-0.25, -0.2) is 29.9 Å². The number of hydrogen-bond acceptors (Lipinski definition) is 7. The van der Waals surface area contributed by atoms with Gasteiger partial charge in [-0.05, 0) is 108 Å². The summed E-state index contributed by atoms with van der Waals surface area (Å²) in [5.74, 6) is 3.52. The van der Waals surface area contributed by atoms with E-state index in [2.05, 4.69) is 251 Å². The smallest absolute Gasteiger partial charge is 0.166 e. The molecule has 0 aliphatic heterocycles. The average Bonchev–Trinajstić information content (AvgIpc) is 3.83. The summed E-state index contributed by atoms with van der Waals surface area (Å²) in [6.45, 7) is 40.6. The lowest BCUT2D eigenvalue weighted by Gasteiger charge is -2.31. The molecule has 8 heteroatoms. The summed E-state index contributed by atoms with van der Waals surface area (Å²) < 4.78 is 2.29. The number of fused-ring (bicyclic) bond motifs is 3. The number of rotatable bonds is 7. The Bertz CT molecular complexity index is 3890. The van der Waals surface area contributed by atoms with Crippen LogP contribution >= 0.6 is 0 Å². The van der Waals surface area contributed by atoms with Crippen molar-refractivity contribution in [1.29, 1.82) is 5.26 Å². The van der Waals surface area contributed by atoms with E-state index in [1.807, 2.05) is 30.3 Å². The Labute approximate surface area is 480 Å². The van der Waals surface area contributed by atoms with Crippen LogP contribution in [0.1, 0.15) is 164 Å². The molecule has 0 saturated carbocycles. The highest BCUT2D eigenvalue weighted by atomic mass is 15.1.